The molecule has 0 aliphatic heterocycles. The molecule has 0 bridgehead atoms. The Balaban J connectivity index is 1.92. The summed E-state index contributed by atoms with van der Waals surface area (Å²) in [6.07, 6.45) is 3.59. The van der Waals surface area contributed by atoms with E-state index in [0.717, 1.165) is 23.6 Å². The third-order valence-corrected chi connectivity index (χ3v) is 5.91. The van der Waals surface area contributed by atoms with Crippen LogP contribution in [-0.2, 0) is 11.5 Å². The van der Waals surface area contributed by atoms with E-state index in [4.69, 9.17) is 13.9 Å². The predicted molar refractivity (Wildman–Crippen MR) is 97.5 cm³/mol. The second kappa shape index (κ2) is 6.73. The molecule has 0 unspecified atom stereocenters. The van der Waals surface area contributed by atoms with Crippen molar-refractivity contribution in [1.82, 2.24) is 19.7 Å². The second-order valence-electron chi connectivity index (χ2n) is 6.71. The zero-order chi connectivity index (χ0) is 17.3. The first-order chi connectivity index (χ1) is 11.4. The lowest BCUT2D eigenvalue weighted by atomic mass is 10.3. The highest BCUT2D eigenvalue weighted by Crippen LogP contribution is 2.34. The maximum Gasteiger partial charge on any atom is 0.237 e. The lowest BCUT2D eigenvalue weighted by Crippen LogP contribution is -2.22. The molecule has 0 saturated carbocycles. The third kappa shape index (κ3) is 3.42. The highest BCUT2D eigenvalue weighted by molar-refractivity contribution is 7.98. The fourth-order valence-corrected chi connectivity index (χ4v) is 3.45. The van der Waals surface area contributed by atoms with Crippen LogP contribution in [0.2, 0.25) is 25.7 Å². The van der Waals surface area contributed by atoms with E-state index in [1.165, 1.54) is 11.8 Å². The Hall–Kier alpha value is -1.58. The zero-order valence-corrected chi connectivity index (χ0v) is 16.4. The van der Waals surface area contributed by atoms with Crippen molar-refractivity contribution in [2.45, 2.75) is 37.6 Å². The number of rotatable bonds is 7. The van der Waals surface area contributed by atoms with Gasteiger partial charge in [0, 0.05) is 14.7 Å². The van der Waals surface area contributed by atoms with Crippen molar-refractivity contribution in [3.63, 3.8) is 0 Å². The van der Waals surface area contributed by atoms with Gasteiger partial charge in [0.1, 0.15) is 17.6 Å². The van der Waals surface area contributed by atoms with Crippen molar-refractivity contribution in [2.75, 3.05) is 20.0 Å². The van der Waals surface area contributed by atoms with Crippen LogP contribution in [-0.4, -0.2) is 47.8 Å². The van der Waals surface area contributed by atoms with E-state index < -0.39 is 8.07 Å². The van der Waals surface area contributed by atoms with Crippen molar-refractivity contribution in [3.05, 3.63) is 6.20 Å². The van der Waals surface area contributed by atoms with E-state index in [1.54, 1.807) is 18.0 Å². The first-order valence-corrected chi connectivity index (χ1v) is 12.7. The van der Waals surface area contributed by atoms with Gasteiger partial charge >= 0.3 is 0 Å². The summed E-state index contributed by atoms with van der Waals surface area (Å²) in [5.74, 6) is 0.493. The molecule has 0 spiro atoms. The molecule has 0 aliphatic carbocycles. The van der Waals surface area contributed by atoms with Crippen LogP contribution >= 0.6 is 11.8 Å². The van der Waals surface area contributed by atoms with E-state index >= 15 is 0 Å². The van der Waals surface area contributed by atoms with Crippen LogP contribution in [0.25, 0.3) is 22.2 Å². The summed E-state index contributed by atoms with van der Waals surface area (Å²) in [5.41, 5.74) is 1.97. The second-order valence-corrected chi connectivity index (χ2v) is 13.1. The first kappa shape index (κ1) is 17.2. The Morgan fingerprint density at radius 2 is 2.08 bits per heavy atom. The molecule has 7 nitrogen and oxygen atoms in total. The quantitative estimate of drug-likeness (QED) is 0.274. The Labute approximate surface area is 145 Å². The smallest absolute Gasteiger partial charge is 0.237 e. The number of hydrogen-bond donors (Lipinski definition) is 0. The molecule has 0 radical (unpaired) electrons. The average Bonchev–Trinajstić information content (AvgIpc) is 3.08. The van der Waals surface area contributed by atoms with Crippen molar-refractivity contribution in [3.8, 4) is 5.88 Å². The van der Waals surface area contributed by atoms with Crippen LogP contribution in [0, 0.1) is 0 Å². The van der Waals surface area contributed by atoms with Crippen LogP contribution in [0.4, 0.5) is 0 Å². The zero-order valence-electron chi connectivity index (χ0n) is 14.6. The molecule has 3 rings (SSSR count). The van der Waals surface area contributed by atoms with Gasteiger partial charge in [-0.2, -0.15) is 15.1 Å². The molecule has 0 fully saturated rings. The number of fused-ring (bicyclic) bond motifs is 3. The molecule has 0 aliphatic rings. The summed E-state index contributed by atoms with van der Waals surface area (Å²) < 4.78 is 18.8. The summed E-state index contributed by atoms with van der Waals surface area (Å²) in [4.78, 5) is 8.81. The number of nitrogens with zero attached hydrogens (tertiary/aromatic N) is 4. The topological polar surface area (TPSA) is 75.2 Å². The number of ether oxygens (including phenoxy) is 2. The summed E-state index contributed by atoms with van der Waals surface area (Å²) in [7, 11) is 0.489. The fraction of sp³-hybridized carbons (Fsp3) is 0.533. The molecule has 9 heteroatoms. The molecular weight excluding hydrogens is 344 g/mol. The Bertz CT molecular complexity index is 856. The van der Waals surface area contributed by atoms with E-state index in [-0.39, 0.29) is 0 Å². The van der Waals surface area contributed by atoms with Gasteiger partial charge in [-0.15, -0.1) is 0 Å². The Morgan fingerprint density at radius 1 is 1.29 bits per heavy atom. The molecule has 3 aromatic heterocycles. The van der Waals surface area contributed by atoms with Crippen LogP contribution in [0.1, 0.15) is 0 Å². The van der Waals surface area contributed by atoms with Gasteiger partial charge in [0.25, 0.3) is 0 Å². The van der Waals surface area contributed by atoms with Gasteiger partial charge in [-0.25, -0.2) is 4.68 Å². The van der Waals surface area contributed by atoms with Gasteiger partial charge < -0.3 is 13.9 Å². The molecule has 24 heavy (non-hydrogen) atoms. The SMILES string of the molecule is COc1nc(SC)nc2oc3cnn(COCC[Si](C)(C)C)c3c12. The molecule has 3 heterocycles. The minimum Gasteiger partial charge on any atom is -0.480 e. The van der Waals surface area contributed by atoms with E-state index in [1.807, 2.05) is 6.26 Å². The third-order valence-electron chi connectivity index (χ3n) is 3.66. The van der Waals surface area contributed by atoms with E-state index in [9.17, 15) is 0 Å². The maximum absolute atomic E-state index is 5.81. The normalized spacial score (nSPS) is 12.4. The van der Waals surface area contributed by atoms with Crippen LogP contribution in [0.5, 0.6) is 5.88 Å². The maximum atomic E-state index is 5.81. The van der Waals surface area contributed by atoms with E-state index in [2.05, 4.69) is 34.7 Å². The largest absolute Gasteiger partial charge is 0.480 e. The highest BCUT2D eigenvalue weighted by atomic mass is 32.2. The monoisotopic (exact) mass is 366 g/mol. The average molecular weight is 367 g/mol. The molecule has 0 amide bonds. The number of aromatic nitrogens is 4. The number of thioether (sulfide) groups is 1. The predicted octanol–water partition coefficient (Wildman–Crippen LogP) is 3.62. The van der Waals surface area contributed by atoms with Crippen LogP contribution < -0.4 is 4.74 Å². The molecule has 3 aromatic rings. The van der Waals surface area contributed by atoms with Crippen molar-refractivity contribution in [2.24, 2.45) is 0 Å². The minimum absolute atomic E-state index is 0.371. The van der Waals surface area contributed by atoms with Gasteiger partial charge in [0.2, 0.25) is 11.6 Å². The molecule has 0 saturated heterocycles. The number of furan rings is 1. The molecule has 130 valence electrons. The van der Waals surface area contributed by atoms with Crippen LogP contribution in [0.3, 0.4) is 0 Å². The van der Waals surface area contributed by atoms with E-state index in [0.29, 0.717) is 29.1 Å². The molecular formula is C15H22N4O3SSi. The molecule has 0 N–H and O–H groups in total. The number of hydrogen-bond acceptors (Lipinski definition) is 7. The highest BCUT2D eigenvalue weighted by Gasteiger charge is 2.20. The standard InChI is InChI=1S/C15H22N4O3SSi/c1-20-13-11-12-10(22-14(11)18-15(17-13)23-2)8-16-19(12)9-21-6-7-24(3,4)5/h8H,6-7,9H2,1-5H3. The van der Waals surface area contributed by atoms with Gasteiger partial charge in [-0.05, 0) is 12.3 Å². The van der Waals surface area contributed by atoms with Gasteiger partial charge in [-0.3, -0.25) is 0 Å². The number of methoxy groups -OCH3 is 1. The summed E-state index contributed by atoms with van der Waals surface area (Å²) in [6.45, 7) is 8.10. The summed E-state index contributed by atoms with van der Waals surface area (Å²) in [6, 6.07) is 1.12. The lowest BCUT2D eigenvalue weighted by molar-refractivity contribution is 0.0818. The first-order valence-electron chi connectivity index (χ1n) is 7.75. The van der Waals surface area contributed by atoms with Crippen LogP contribution in [0.15, 0.2) is 15.8 Å². The summed E-state index contributed by atoms with van der Waals surface area (Å²) in [5, 5.41) is 5.70. The van der Waals surface area contributed by atoms with Crippen molar-refractivity contribution >= 4 is 42.0 Å². The molecule has 0 aromatic carbocycles. The minimum atomic E-state index is -1.10. The fourth-order valence-electron chi connectivity index (χ4n) is 2.34. The van der Waals surface area contributed by atoms with Gasteiger partial charge in [0.15, 0.2) is 10.7 Å². The lowest BCUT2D eigenvalue weighted by Gasteiger charge is -2.15. The Morgan fingerprint density at radius 3 is 2.75 bits per heavy atom. The van der Waals surface area contributed by atoms with Crippen molar-refractivity contribution < 1.29 is 13.9 Å². The molecule has 0 atom stereocenters. The van der Waals surface area contributed by atoms with Gasteiger partial charge in [0.05, 0.1) is 13.3 Å². The van der Waals surface area contributed by atoms with Gasteiger partial charge in [-0.1, -0.05) is 31.4 Å². The summed E-state index contributed by atoms with van der Waals surface area (Å²) >= 11 is 1.44. The Kier molecular flexibility index (Phi) is 4.84. The van der Waals surface area contributed by atoms with Crippen molar-refractivity contribution in [1.29, 1.82) is 0 Å².